The van der Waals surface area contributed by atoms with Gasteiger partial charge in [0.2, 0.25) is 0 Å². The molecule has 154 valence electrons. The second-order valence-electron chi connectivity index (χ2n) is 9.47. The van der Waals surface area contributed by atoms with E-state index in [9.17, 15) is 4.79 Å². The van der Waals surface area contributed by atoms with Gasteiger partial charge < -0.3 is 15.4 Å². The largest absolute Gasteiger partial charge is 0.489 e. The summed E-state index contributed by atoms with van der Waals surface area (Å²) in [5, 5.41) is 7.02. The summed E-state index contributed by atoms with van der Waals surface area (Å²) in [7, 11) is 0. The number of nitrogens with one attached hydrogen (secondary N) is 2. The number of ether oxygens (including phenoxy) is 1. The summed E-state index contributed by atoms with van der Waals surface area (Å²) >= 11 is 6.33. The molecule has 1 aromatic rings. The molecule has 6 rings (SSSR count). The third-order valence-electron chi connectivity index (χ3n) is 7.29. The first-order chi connectivity index (χ1) is 13.1. The van der Waals surface area contributed by atoms with Gasteiger partial charge in [-0.1, -0.05) is 11.6 Å². The van der Waals surface area contributed by atoms with E-state index in [-0.39, 0.29) is 24.4 Å². The predicted molar refractivity (Wildman–Crippen MR) is 114 cm³/mol. The first-order valence-corrected chi connectivity index (χ1v) is 10.9. The van der Waals surface area contributed by atoms with Crippen molar-refractivity contribution in [1.29, 1.82) is 0 Å². The quantitative estimate of drug-likeness (QED) is 0.733. The molecule has 0 spiro atoms. The minimum Gasteiger partial charge on any atom is -0.489 e. The fourth-order valence-corrected chi connectivity index (χ4v) is 6.75. The summed E-state index contributed by atoms with van der Waals surface area (Å²) in [4.78, 5) is 12.9. The number of hydrogen-bond donors (Lipinski definition) is 2. The Hall–Kier alpha value is -0.970. The van der Waals surface area contributed by atoms with Gasteiger partial charge in [0, 0.05) is 13.1 Å². The molecule has 6 heteroatoms. The van der Waals surface area contributed by atoms with Crippen LogP contribution in [0.5, 0.6) is 5.75 Å². The third-order valence-corrected chi connectivity index (χ3v) is 7.62. The van der Waals surface area contributed by atoms with Crippen molar-refractivity contribution in [1.82, 2.24) is 10.6 Å². The lowest BCUT2D eigenvalue weighted by Gasteiger charge is -2.56. The molecule has 2 N–H and O–H groups in total. The average molecular weight is 425 g/mol. The molecule has 1 unspecified atom stereocenters. The number of hydrogen-bond acceptors (Lipinski definition) is 3. The van der Waals surface area contributed by atoms with Crippen molar-refractivity contribution < 1.29 is 9.53 Å². The smallest absolute Gasteiger partial charge is 0.252 e. The van der Waals surface area contributed by atoms with Gasteiger partial charge in [-0.15, -0.1) is 12.4 Å². The second-order valence-corrected chi connectivity index (χ2v) is 9.88. The van der Waals surface area contributed by atoms with E-state index in [4.69, 9.17) is 16.3 Å². The Labute approximate surface area is 178 Å². The lowest BCUT2D eigenvalue weighted by molar-refractivity contribution is -0.0503. The van der Waals surface area contributed by atoms with Crippen molar-refractivity contribution in [2.45, 2.75) is 51.0 Å². The zero-order valence-corrected chi connectivity index (χ0v) is 17.8. The van der Waals surface area contributed by atoms with E-state index in [1.54, 1.807) is 12.1 Å². The van der Waals surface area contributed by atoms with Gasteiger partial charge in [-0.25, -0.2) is 0 Å². The predicted octanol–water partition coefficient (Wildman–Crippen LogP) is 4.45. The van der Waals surface area contributed by atoms with Crippen LogP contribution in [-0.4, -0.2) is 31.6 Å². The van der Waals surface area contributed by atoms with E-state index >= 15 is 0 Å². The Morgan fingerprint density at radius 3 is 2.46 bits per heavy atom. The molecule has 0 aromatic heterocycles. The van der Waals surface area contributed by atoms with Crippen LogP contribution in [0, 0.1) is 23.2 Å². The molecule has 4 aliphatic carbocycles. The summed E-state index contributed by atoms with van der Waals surface area (Å²) in [5.41, 5.74) is 0.866. The van der Waals surface area contributed by atoms with Crippen LogP contribution in [0.1, 0.15) is 55.3 Å². The van der Waals surface area contributed by atoms with Gasteiger partial charge in [0.25, 0.3) is 5.91 Å². The summed E-state index contributed by atoms with van der Waals surface area (Å²) in [6.45, 7) is 2.64. The van der Waals surface area contributed by atoms with Crippen molar-refractivity contribution in [3.63, 3.8) is 0 Å². The van der Waals surface area contributed by atoms with Crippen molar-refractivity contribution in [2.24, 2.45) is 23.2 Å². The molecule has 4 bridgehead atoms. The van der Waals surface area contributed by atoms with Crippen molar-refractivity contribution in [2.75, 3.05) is 19.6 Å². The number of halogens is 2. The van der Waals surface area contributed by atoms with Crippen LogP contribution in [0.15, 0.2) is 18.2 Å². The maximum Gasteiger partial charge on any atom is 0.252 e. The van der Waals surface area contributed by atoms with Crippen LogP contribution in [0.4, 0.5) is 0 Å². The van der Waals surface area contributed by atoms with E-state index in [0.717, 1.165) is 49.6 Å². The van der Waals surface area contributed by atoms with Gasteiger partial charge in [-0.2, -0.15) is 0 Å². The monoisotopic (exact) mass is 424 g/mol. The van der Waals surface area contributed by atoms with E-state index in [2.05, 4.69) is 10.6 Å². The lowest BCUT2D eigenvalue weighted by Crippen LogP contribution is -2.51. The molecule has 5 fully saturated rings. The highest BCUT2D eigenvalue weighted by Gasteiger charge is 2.50. The molecular formula is C22H30Cl2N2O2. The molecule has 1 amide bonds. The summed E-state index contributed by atoms with van der Waals surface area (Å²) in [5.74, 6) is 3.36. The molecule has 4 saturated carbocycles. The van der Waals surface area contributed by atoms with Gasteiger partial charge >= 0.3 is 0 Å². The van der Waals surface area contributed by atoms with E-state index in [1.807, 2.05) is 6.07 Å². The van der Waals surface area contributed by atoms with Crippen LogP contribution < -0.4 is 15.4 Å². The Morgan fingerprint density at radius 1 is 1.18 bits per heavy atom. The number of carbonyl (C=O) groups excluding carboxylic acids is 1. The average Bonchev–Trinajstić information content (AvgIpc) is 3.13. The molecule has 1 aliphatic heterocycles. The first-order valence-electron chi connectivity index (χ1n) is 10.5. The summed E-state index contributed by atoms with van der Waals surface area (Å²) < 4.78 is 6.00. The van der Waals surface area contributed by atoms with Gasteiger partial charge in [0.15, 0.2) is 0 Å². The highest BCUT2D eigenvalue weighted by Crippen LogP contribution is 2.59. The Kier molecular flexibility index (Phi) is 5.83. The molecule has 0 radical (unpaired) electrons. The number of benzene rings is 1. The van der Waals surface area contributed by atoms with Crippen LogP contribution >= 0.6 is 24.0 Å². The lowest BCUT2D eigenvalue weighted by atomic mass is 9.49. The Morgan fingerprint density at radius 2 is 1.86 bits per heavy atom. The Bertz CT molecular complexity index is 698. The molecule has 1 aromatic carbocycles. The maximum absolute atomic E-state index is 12.9. The van der Waals surface area contributed by atoms with Crippen molar-refractivity contribution in [3.05, 3.63) is 28.8 Å². The summed E-state index contributed by atoms with van der Waals surface area (Å²) in [6, 6.07) is 5.44. The zero-order valence-electron chi connectivity index (χ0n) is 16.2. The van der Waals surface area contributed by atoms with E-state index in [1.165, 1.54) is 38.5 Å². The molecule has 1 saturated heterocycles. The van der Waals surface area contributed by atoms with E-state index < -0.39 is 0 Å². The number of amides is 1. The van der Waals surface area contributed by atoms with Gasteiger partial charge in [-0.3, -0.25) is 4.79 Å². The Balaban J connectivity index is 0.00000192. The van der Waals surface area contributed by atoms with Gasteiger partial charge in [-0.05, 0) is 92.9 Å². The topological polar surface area (TPSA) is 50.4 Å². The van der Waals surface area contributed by atoms with Crippen LogP contribution in [0.25, 0.3) is 0 Å². The highest BCUT2D eigenvalue weighted by atomic mass is 35.5. The first kappa shape index (κ1) is 20.3. The number of rotatable bonds is 5. The molecule has 5 aliphatic rings. The summed E-state index contributed by atoms with van der Waals surface area (Å²) in [6.07, 6.45) is 9.34. The molecule has 1 heterocycles. The molecule has 1 atom stereocenters. The minimum absolute atomic E-state index is 0. The minimum atomic E-state index is -0.0641. The molecule has 28 heavy (non-hydrogen) atoms. The molecular weight excluding hydrogens is 395 g/mol. The van der Waals surface area contributed by atoms with Crippen molar-refractivity contribution in [3.8, 4) is 5.75 Å². The van der Waals surface area contributed by atoms with E-state index in [0.29, 0.717) is 16.0 Å². The SMILES string of the molecule is Cl.O=C(NCC12CC3CC(CC(C3)C1)C2)c1cc(OC2CCNC2)ccc1Cl. The second kappa shape index (κ2) is 8.04. The normalized spacial score (nSPS) is 35.5. The fourth-order valence-electron chi connectivity index (χ4n) is 6.54. The van der Waals surface area contributed by atoms with Crippen LogP contribution in [0.2, 0.25) is 5.02 Å². The maximum atomic E-state index is 12.9. The third kappa shape index (κ3) is 4.01. The standard InChI is InChI=1S/C22H29ClN2O2.ClH/c23-20-2-1-17(27-18-3-4-24-12-18)8-19(20)21(26)25-13-22-9-14-5-15(10-22)7-16(6-14)11-22;/h1-2,8,14-16,18,24H,3-7,9-13H2,(H,25,26);1H. The van der Waals surface area contributed by atoms with Gasteiger partial charge in [0.05, 0.1) is 10.6 Å². The van der Waals surface area contributed by atoms with Crippen molar-refractivity contribution >= 4 is 29.9 Å². The number of carbonyl (C=O) groups is 1. The fraction of sp³-hybridized carbons (Fsp3) is 0.682. The highest BCUT2D eigenvalue weighted by molar-refractivity contribution is 6.33. The zero-order chi connectivity index (χ0) is 18.4. The van der Waals surface area contributed by atoms with Gasteiger partial charge in [0.1, 0.15) is 11.9 Å². The van der Waals surface area contributed by atoms with Crippen LogP contribution in [0.3, 0.4) is 0 Å². The molecule has 4 nitrogen and oxygen atoms in total. The van der Waals surface area contributed by atoms with Crippen LogP contribution in [-0.2, 0) is 0 Å².